The minimum Gasteiger partial charge on any atom is -0.493 e. The number of carbonyl (C=O) groups is 1. The van der Waals surface area contributed by atoms with Crippen LogP contribution >= 0.6 is 0 Å². The molecule has 1 N–H and O–H groups in total. The highest BCUT2D eigenvalue weighted by Crippen LogP contribution is 2.47. The van der Waals surface area contributed by atoms with Gasteiger partial charge in [-0.15, -0.1) is 0 Å². The van der Waals surface area contributed by atoms with Crippen molar-refractivity contribution in [2.75, 3.05) is 13.4 Å². The van der Waals surface area contributed by atoms with Crippen LogP contribution in [0.15, 0.2) is 36.4 Å². The third kappa shape index (κ3) is 3.24. The topological polar surface area (TPSA) is 68.2 Å². The van der Waals surface area contributed by atoms with Gasteiger partial charge in [-0.25, -0.2) is 0 Å². The number of ether oxygens (including phenoxy) is 3. The van der Waals surface area contributed by atoms with Crippen LogP contribution in [0.25, 0.3) is 0 Å². The van der Waals surface area contributed by atoms with Crippen LogP contribution in [0, 0.1) is 0 Å². The van der Waals surface area contributed by atoms with Crippen molar-refractivity contribution >= 4 is 5.91 Å². The fourth-order valence-electron chi connectivity index (χ4n) is 5.84. The van der Waals surface area contributed by atoms with Gasteiger partial charge in [0.25, 0.3) is 0 Å². The van der Waals surface area contributed by atoms with E-state index in [0.717, 1.165) is 54.9 Å². The molecule has 162 valence electrons. The van der Waals surface area contributed by atoms with E-state index >= 15 is 0 Å². The lowest BCUT2D eigenvalue weighted by atomic mass is 9.80. The maximum absolute atomic E-state index is 13.3. The van der Waals surface area contributed by atoms with Crippen LogP contribution in [-0.4, -0.2) is 41.4 Å². The first-order chi connectivity index (χ1) is 15.1. The standard InChI is InChI=1S/C25H27NO5/c27-24(11-16-3-7-21-17(10-16)2-1-9-29-21)26-19-5-6-20(26)14-25(28,13-19)18-4-8-22-23(12-18)31-15-30-22/h3-4,7-8,10,12,19-20,28H,1-2,5-6,9,11,13-15H2/t19-,20-/m0/s1. The maximum atomic E-state index is 13.3. The van der Waals surface area contributed by atoms with Crippen LogP contribution in [-0.2, 0) is 23.2 Å². The Kier molecular flexibility index (Phi) is 4.39. The van der Waals surface area contributed by atoms with E-state index in [0.29, 0.717) is 25.0 Å². The number of aryl methyl sites for hydroxylation is 1. The number of piperidine rings is 1. The van der Waals surface area contributed by atoms with Gasteiger partial charge < -0.3 is 24.2 Å². The monoisotopic (exact) mass is 421 g/mol. The highest BCUT2D eigenvalue weighted by molar-refractivity contribution is 5.80. The summed E-state index contributed by atoms with van der Waals surface area (Å²) in [5, 5.41) is 11.5. The minimum absolute atomic E-state index is 0.0719. The van der Waals surface area contributed by atoms with Gasteiger partial charge in [0, 0.05) is 24.9 Å². The number of hydrogen-bond acceptors (Lipinski definition) is 5. The van der Waals surface area contributed by atoms with Crippen molar-refractivity contribution in [2.45, 2.75) is 62.6 Å². The molecule has 6 nitrogen and oxygen atoms in total. The molecule has 0 radical (unpaired) electrons. The van der Waals surface area contributed by atoms with Crippen LogP contribution in [0.4, 0.5) is 0 Å². The molecule has 2 aromatic rings. The van der Waals surface area contributed by atoms with Crippen molar-refractivity contribution in [3.8, 4) is 17.2 Å². The van der Waals surface area contributed by atoms with Gasteiger partial charge in [-0.1, -0.05) is 18.2 Å². The number of benzene rings is 2. The van der Waals surface area contributed by atoms with E-state index in [1.165, 1.54) is 5.56 Å². The molecule has 2 saturated heterocycles. The summed E-state index contributed by atoms with van der Waals surface area (Å²) < 4.78 is 16.6. The number of fused-ring (bicyclic) bond motifs is 4. The second kappa shape index (κ2) is 7.16. The lowest BCUT2D eigenvalue weighted by Crippen LogP contribution is -2.52. The highest BCUT2D eigenvalue weighted by Gasteiger charge is 2.50. The Balaban J connectivity index is 1.19. The SMILES string of the molecule is O=C(Cc1ccc2c(c1)CCCO2)N1[C@H]2CC[C@H]1CC(O)(c1ccc3c(c1)OCO3)C2. The van der Waals surface area contributed by atoms with Gasteiger partial charge in [0.15, 0.2) is 11.5 Å². The molecule has 0 spiro atoms. The molecule has 0 saturated carbocycles. The summed E-state index contributed by atoms with van der Waals surface area (Å²) in [4.78, 5) is 15.3. The molecule has 2 atom stereocenters. The van der Waals surface area contributed by atoms with Gasteiger partial charge in [0.05, 0.1) is 18.6 Å². The number of nitrogens with zero attached hydrogens (tertiary/aromatic N) is 1. The molecule has 0 aromatic heterocycles. The minimum atomic E-state index is -0.938. The molecule has 31 heavy (non-hydrogen) atoms. The van der Waals surface area contributed by atoms with E-state index in [2.05, 4.69) is 11.0 Å². The Morgan fingerprint density at radius 2 is 1.77 bits per heavy atom. The number of hydrogen-bond donors (Lipinski definition) is 1. The summed E-state index contributed by atoms with van der Waals surface area (Å²) in [6, 6.07) is 12.0. The number of amides is 1. The van der Waals surface area contributed by atoms with Crippen LogP contribution in [0.5, 0.6) is 17.2 Å². The molecule has 4 heterocycles. The van der Waals surface area contributed by atoms with Crippen LogP contribution in [0.1, 0.15) is 48.8 Å². The third-order valence-electron chi connectivity index (χ3n) is 7.29. The molecule has 2 bridgehead atoms. The molecule has 0 unspecified atom stereocenters. The fourth-order valence-corrected chi connectivity index (χ4v) is 5.84. The maximum Gasteiger partial charge on any atom is 0.231 e. The third-order valence-corrected chi connectivity index (χ3v) is 7.29. The summed E-state index contributed by atoms with van der Waals surface area (Å²) >= 11 is 0. The largest absolute Gasteiger partial charge is 0.493 e. The second-order valence-corrected chi connectivity index (χ2v) is 9.26. The Morgan fingerprint density at radius 3 is 2.61 bits per heavy atom. The smallest absolute Gasteiger partial charge is 0.231 e. The first-order valence-electron chi connectivity index (χ1n) is 11.3. The Hall–Kier alpha value is -2.73. The van der Waals surface area contributed by atoms with Gasteiger partial charge in [-0.3, -0.25) is 4.79 Å². The van der Waals surface area contributed by atoms with Crippen LogP contribution in [0.3, 0.4) is 0 Å². The van der Waals surface area contributed by atoms with Gasteiger partial charge in [0.2, 0.25) is 12.7 Å². The number of aliphatic hydroxyl groups is 1. The van der Waals surface area contributed by atoms with Crippen molar-refractivity contribution < 1.29 is 24.1 Å². The quantitative estimate of drug-likeness (QED) is 0.824. The lowest BCUT2D eigenvalue weighted by molar-refractivity contribution is -0.141. The van der Waals surface area contributed by atoms with Gasteiger partial charge in [0.1, 0.15) is 5.75 Å². The van der Waals surface area contributed by atoms with E-state index in [1.54, 1.807) is 0 Å². The first-order valence-corrected chi connectivity index (χ1v) is 11.3. The molecule has 4 aliphatic rings. The molecule has 1 amide bonds. The van der Waals surface area contributed by atoms with Gasteiger partial charge >= 0.3 is 0 Å². The summed E-state index contributed by atoms with van der Waals surface area (Å²) in [5.41, 5.74) is 2.17. The van der Waals surface area contributed by atoms with Crippen LogP contribution < -0.4 is 14.2 Å². The zero-order valence-corrected chi connectivity index (χ0v) is 17.5. The Labute approximate surface area is 181 Å². The van der Waals surface area contributed by atoms with Gasteiger partial charge in [-0.05, 0) is 60.6 Å². The lowest BCUT2D eigenvalue weighted by Gasteiger charge is -2.44. The van der Waals surface area contributed by atoms with E-state index in [4.69, 9.17) is 14.2 Å². The predicted molar refractivity (Wildman–Crippen MR) is 113 cm³/mol. The van der Waals surface area contributed by atoms with Crippen molar-refractivity contribution in [1.29, 1.82) is 0 Å². The summed E-state index contributed by atoms with van der Waals surface area (Å²) in [6.07, 6.45) is 5.46. The van der Waals surface area contributed by atoms with Crippen molar-refractivity contribution in [3.63, 3.8) is 0 Å². The second-order valence-electron chi connectivity index (χ2n) is 9.26. The zero-order valence-electron chi connectivity index (χ0n) is 17.5. The van der Waals surface area contributed by atoms with Crippen molar-refractivity contribution in [1.82, 2.24) is 4.90 Å². The van der Waals surface area contributed by atoms with Crippen molar-refractivity contribution in [2.24, 2.45) is 0 Å². The molecular formula is C25H27NO5. The van der Waals surface area contributed by atoms with Gasteiger partial charge in [-0.2, -0.15) is 0 Å². The molecule has 6 heteroatoms. The molecule has 2 fully saturated rings. The van der Waals surface area contributed by atoms with Crippen LogP contribution in [0.2, 0.25) is 0 Å². The highest BCUT2D eigenvalue weighted by atomic mass is 16.7. The normalized spacial score (nSPS) is 28.2. The van der Waals surface area contributed by atoms with Crippen molar-refractivity contribution in [3.05, 3.63) is 53.1 Å². The summed E-state index contributed by atoms with van der Waals surface area (Å²) in [7, 11) is 0. The zero-order chi connectivity index (χ0) is 21.0. The predicted octanol–water partition coefficient (Wildman–Crippen LogP) is 3.32. The first kappa shape index (κ1) is 19.0. The molecule has 4 aliphatic heterocycles. The van der Waals surface area contributed by atoms with E-state index < -0.39 is 5.60 Å². The molecule has 2 aromatic carbocycles. The summed E-state index contributed by atoms with van der Waals surface area (Å²) in [5.74, 6) is 2.53. The molecule has 0 aliphatic carbocycles. The fraction of sp³-hybridized carbons (Fsp3) is 0.480. The van der Waals surface area contributed by atoms with E-state index in [1.807, 2.05) is 30.3 Å². The van der Waals surface area contributed by atoms with E-state index in [-0.39, 0.29) is 24.8 Å². The molecule has 6 rings (SSSR count). The van der Waals surface area contributed by atoms with E-state index in [9.17, 15) is 9.90 Å². The number of rotatable bonds is 3. The molecular weight excluding hydrogens is 394 g/mol. The Bertz CT molecular complexity index is 1020. The summed E-state index contributed by atoms with van der Waals surface area (Å²) in [6.45, 7) is 0.994. The number of carbonyl (C=O) groups excluding carboxylic acids is 1. The average Bonchev–Trinajstić information content (AvgIpc) is 3.36. The Morgan fingerprint density at radius 1 is 1.00 bits per heavy atom. The average molecular weight is 421 g/mol.